The van der Waals surface area contributed by atoms with E-state index in [-0.39, 0.29) is 23.4 Å². The Morgan fingerprint density at radius 3 is 2.43 bits per heavy atom. The number of hydrogen-bond acceptors (Lipinski definition) is 4. The minimum absolute atomic E-state index is 0.0718. The maximum Gasteiger partial charge on any atom is 0.237 e. The summed E-state index contributed by atoms with van der Waals surface area (Å²) in [5.41, 5.74) is 1.14. The van der Waals surface area contributed by atoms with E-state index in [0.717, 1.165) is 23.5 Å². The van der Waals surface area contributed by atoms with Crippen LogP contribution in [-0.4, -0.2) is 23.0 Å². The van der Waals surface area contributed by atoms with Gasteiger partial charge in [-0.15, -0.1) is 11.3 Å². The normalized spacial score (nSPS) is 18.4. The van der Waals surface area contributed by atoms with Gasteiger partial charge in [0.1, 0.15) is 0 Å². The third-order valence-electron chi connectivity index (χ3n) is 3.68. The minimum Gasteiger partial charge on any atom is -0.352 e. The molecule has 2 unspecified atom stereocenters. The summed E-state index contributed by atoms with van der Waals surface area (Å²) in [5.74, 6) is 0.0996. The summed E-state index contributed by atoms with van der Waals surface area (Å²) in [6.45, 7) is 12.6. The summed E-state index contributed by atoms with van der Waals surface area (Å²) in [6, 6.07) is 0.369. The van der Waals surface area contributed by atoms with E-state index in [9.17, 15) is 4.79 Å². The van der Waals surface area contributed by atoms with E-state index in [2.05, 4.69) is 38.3 Å². The number of thiazole rings is 1. The number of rotatable bonds is 5. The molecule has 2 rings (SSSR count). The van der Waals surface area contributed by atoms with E-state index in [4.69, 9.17) is 4.98 Å². The number of carbonyl (C=O) groups excluding carboxylic acids is 1. The number of amides is 1. The number of nitrogens with zero attached hydrogens (tertiary/aromatic N) is 1. The van der Waals surface area contributed by atoms with Crippen LogP contribution in [-0.2, 0) is 10.2 Å². The molecule has 1 aromatic heterocycles. The van der Waals surface area contributed by atoms with Crippen molar-refractivity contribution in [1.82, 2.24) is 15.6 Å². The van der Waals surface area contributed by atoms with Crippen LogP contribution in [0, 0.1) is 6.92 Å². The summed E-state index contributed by atoms with van der Waals surface area (Å²) >= 11 is 1.75. The Morgan fingerprint density at radius 2 is 1.95 bits per heavy atom. The molecule has 0 aliphatic heterocycles. The van der Waals surface area contributed by atoms with Gasteiger partial charge in [-0.1, -0.05) is 20.8 Å². The van der Waals surface area contributed by atoms with Crippen LogP contribution in [0.5, 0.6) is 0 Å². The van der Waals surface area contributed by atoms with Crippen molar-refractivity contribution in [2.45, 2.75) is 77.9 Å². The molecule has 1 saturated carbocycles. The number of carbonyl (C=O) groups is 1. The van der Waals surface area contributed by atoms with Gasteiger partial charge in [-0.3, -0.25) is 10.1 Å². The highest BCUT2D eigenvalue weighted by Crippen LogP contribution is 2.32. The van der Waals surface area contributed by atoms with Gasteiger partial charge in [0.2, 0.25) is 5.91 Å². The van der Waals surface area contributed by atoms with Gasteiger partial charge in [0.05, 0.1) is 16.7 Å². The lowest BCUT2D eigenvalue weighted by Crippen LogP contribution is -2.43. The Labute approximate surface area is 131 Å². The molecule has 2 N–H and O–H groups in total. The van der Waals surface area contributed by atoms with Crippen molar-refractivity contribution in [3.63, 3.8) is 0 Å². The van der Waals surface area contributed by atoms with Crippen molar-refractivity contribution in [2.75, 3.05) is 0 Å². The molecule has 4 nitrogen and oxygen atoms in total. The quantitative estimate of drug-likeness (QED) is 0.879. The molecule has 1 amide bonds. The maximum absolute atomic E-state index is 12.0. The van der Waals surface area contributed by atoms with Crippen molar-refractivity contribution in [1.29, 1.82) is 0 Å². The van der Waals surface area contributed by atoms with Crippen LogP contribution in [0.15, 0.2) is 0 Å². The van der Waals surface area contributed by atoms with Gasteiger partial charge in [-0.25, -0.2) is 4.98 Å². The average molecular weight is 309 g/mol. The molecule has 0 saturated heterocycles. The maximum atomic E-state index is 12.0. The fourth-order valence-electron chi connectivity index (χ4n) is 2.21. The molecule has 1 aliphatic rings. The van der Waals surface area contributed by atoms with Crippen molar-refractivity contribution in [3.8, 4) is 0 Å². The zero-order valence-electron chi connectivity index (χ0n) is 13.9. The summed E-state index contributed by atoms with van der Waals surface area (Å²) in [7, 11) is 0. The Bertz CT molecular complexity index is 514. The molecule has 0 bridgehead atoms. The molecular formula is C16H27N3OS. The summed E-state index contributed by atoms with van der Waals surface area (Å²) in [6.07, 6.45) is 2.24. The largest absolute Gasteiger partial charge is 0.352 e. The molecule has 5 heteroatoms. The molecule has 118 valence electrons. The molecule has 0 aromatic carbocycles. The van der Waals surface area contributed by atoms with Crippen LogP contribution >= 0.6 is 11.3 Å². The molecule has 2 atom stereocenters. The van der Waals surface area contributed by atoms with Crippen molar-refractivity contribution < 1.29 is 4.79 Å². The van der Waals surface area contributed by atoms with Crippen molar-refractivity contribution >= 4 is 17.2 Å². The average Bonchev–Trinajstić information content (AvgIpc) is 3.07. The molecule has 0 spiro atoms. The van der Waals surface area contributed by atoms with Gasteiger partial charge in [-0.05, 0) is 33.6 Å². The lowest BCUT2D eigenvalue weighted by Gasteiger charge is -2.19. The monoisotopic (exact) mass is 309 g/mol. The lowest BCUT2D eigenvalue weighted by molar-refractivity contribution is -0.123. The Balaban J connectivity index is 2.00. The second kappa shape index (κ2) is 6.05. The highest BCUT2D eigenvalue weighted by molar-refractivity contribution is 7.12. The predicted molar refractivity (Wildman–Crippen MR) is 87.7 cm³/mol. The van der Waals surface area contributed by atoms with E-state index in [1.165, 1.54) is 4.88 Å². The number of nitrogens with one attached hydrogen (secondary N) is 2. The number of aromatic nitrogens is 1. The smallest absolute Gasteiger partial charge is 0.237 e. The summed E-state index contributed by atoms with van der Waals surface area (Å²) < 4.78 is 0. The molecule has 1 fully saturated rings. The Kier molecular flexibility index (Phi) is 4.73. The SMILES string of the molecule is Cc1nc(C(C)(C)C)sc1C(C)NC(C)C(=O)NC1CC1. The van der Waals surface area contributed by atoms with Crippen LogP contribution < -0.4 is 10.6 Å². The molecule has 1 aromatic rings. The lowest BCUT2D eigenvalue weighted by atomic mass is 9.98. The van der Waals surface area contributed by atoms with Gasteiger partial charge < -0.3 is 5.32 Å². The molecule has 21 heavy (non-hydrogen) atoms. The predicted octanol–water partition coefficient (Wildman–Crippen LogP) is 3.07. The third-order valence-corrected chi connectivity index (χ3v) is 5.45. The van der Waals surface area contributed by atoms with Crippen molar-refractivity contribution in [2.24, 2.45) is 0 Å². The number of hydrogen-bond donors (Lipinski definition) is 2. The summed E-state index contributed by atoms with van der Waals surface area (Å²) in [4.78, 5) is 17.9. The van der Waals surface area contributed by atoms with Crippen LogP contribution in [0.2, 0.25) is 0 Å². The number of aryl methyl sites for hydroxylation is 1. The van der Waals surface area contributed by atoms with Gasteiger partial charge >= 0.3 is 0 Å². The zero-order chi connectivity index (χ0) is 15.8. The molecular weight excluding hydrogens is 282 g/mol. The highest BCUT2D eigenvalue weighted by Gasteiger charge is 2.27. The van der Waals surface area contributed by atoms with Gasteiger partial charge in [0, 0.05) is 22.4 Å². The minimum atomic E-state index is -0.180. The standard InChI is InChI=1S/C16H27N3OS/c1-9(17-11(3)14(20)19-12-7-8-12)13-10(2)18-15(21-13)16(4,5)6/h9,11-12,17H,7-8H2,1-6H3,(H,19,20). The van der Waals surface area contributed by atoms with E-state index >= 15 is 0 Å². The first-order chi connectivity index (χ1) is 9.68. The van der Waals surface area contributed by atoms with Gasteiger partial charge in [0.15, 0.2) is 0 Å². The molecule has 0 radical (unpaired) electrons. The van der Waals surface area contributed by atoms with Gasteiger partial charge in [-0.2, -0.15) is 0 Å². The van der Waals surface area contributed by atoms with Crippen LogP contribution in [0.3, 0.4) is 0 Å². The molecule has 1 aliphatic carbocycles. The Hall–Kier alpha value is -0.940. The highest BCUT2D eigenvalue weighted by atomic mass is 32.1. The first kappa shape index (κ1) is 16.4. The first-order valence-corrected chi connectivity index (χ1v) is 8.54. The van der Waals surface area contributed by atoms with Gasteiger partial charge in [0.25, 0.3) is 0 Å². The van der Waals surface area contributed by atoms with Crippen LogP contribution in [0.4, 0.5) is 0 Å². The van der Waals surface area contributed by atoms with Crippen LogP contribution in [0.25, 0.3) is 0 Å². The molecule has 1 heterocycles. The van der Waals surface area contributed by atoms with E-state index in [1.54, 1.807) is 11.3 Å². The Morgan fingerprint density at radius 1 is 1.33 bits per heavy atom. The summed E-state index contributed by atoms with van der Waals surface area (Å²) in [5, 5.41) is 7.59. The second-order valence-corrected chi connectivity index (χ2v) is 8.14. The topological polar surface area (TPSA) is 54.0 Å². The van der Waals surface area contributed by atoms with E-state index < -0.39 is 0 Å². The first-order valence-electron chi connectivity index (χ1n) is 7.72. The van der Waals surface area contributed by atoms with Crippen LogP contribution in [0.1, 0.15) is 69.1 Å². The zero-order valence-corrected chi connectivity index (χ0v) is 14.7. The second-order valence-electron chi connectivity index (χ2n) is 7.11. The van der Waals surface area contributed by atoms with E-state index in [1.807, 2.05) is 13.8 Å². The fourth-order valence-corrected chi connectivity index (χ4v) is 3.35. The third kappa shape index (κ3) is 4.27. The van der Waals surface area contributed by atoms with E-state index in [0.29, 0.717) is 6.04 Å². The fraction of sp³-hybridized carbons (Fsp3) is 0.750. The van der Waals surface area contributed by atoms with Crippen molar-refractivity contribution in [3.05, 3.63) is 15.6 Å².